The molecule has 1 amide bonds. The molecule has 5 N–H and O–H groups in total. The van der Waals surface area contributed by atoms with Gasteiger partial charge in [-0.1, -0.05) is 0 Å². The van der Waals surface area contributed by atoms with E-state index in [1.165, 1.54) is 0 Å². The van der Waals surface area contributed by atoms with Crippen molar-refractivity contribution in [3.05, 3.63) is 22.3 Å². The first-order valence-corrected chi connectivity index (χ1v) is 7.35. The fraction of sp³-hybridized carbons (Fsp3) is 0.385. The third-order valence-corrected chi connectivity index (χ3v) is 3.37. The predicted octanol–water partition coefficient (Wildman–Crippen LogP) is 1.92. The van der Waals surface area contributed by atoms with Crippen molar-refractivity contribution in [1.82, 2.24) is 4.98 Å². The molecule has 25 heavy (non-hydrogen) atoms. The lowest BCUT2D eigenvalue weighted by Crippen LogP contribution is -2.31. The second-order valence-electron chi connectivity index (χ2n) is 4.60. The molecule has 1 rings (SSSR count). The summed E-state index contributed by atoms with van der Waals surface area (Å²) in [6, 6.07) is 2.42. The van der Waals surface area contributed by atoms with Gasteiger partial charge in [0.1, 0.15) is 11.9 Å². The lowest BCUT2D eigenvalue weighted by Gasteiger charge is -2.07. The number of nitrogens with one attached hydrogen (secondary N) is 1. The van der Waals surface area contributed by atoms with Gasteiger partial charge in [-0.2, -0.15) is 13.2 Å². The standard InChI is InChI=1S/C11H14BrN3O3.C2HF3O2/c1-6-7(12)2-4-9(14-6)15-10(16)5-3-8(13)11(17)18;3-2(4,5)1(6)7/h2,4,8H,3,5,13H2,1H3,(H,17,18)(H,14,15,16);(H,6,7)/t8-;/m0./s1. The number of aryl methyl sites for hydroxylation is 1. The van der Waals surface area contributed by atoms with Gasteiger partial charge in [-0.05, 0) is 41.4 Å². The molecule has 0 spiro atoms. The number of rotatable bonds is 5. The first kappa shape index (κ1) is 22.8. The highest BCUT2D eigenvalue weighted by Gasteiger charge is 2.38. The lowest BCUT2D eigenvalue weighted by atomic mass is 10.1. The van der Waals surface area contributed by atoms with Gasteiger partial charge in [0.2, 0.25) is 5.91 Å². The third-order valence-electron chi connectivity index (χ3n) is 2.53. The number of aliphatic carboxylic acids is 2. The van der Waals surface area contributed by atoms with Crippen LogP contribution in [0, 0.1) is 6.92 Å². The highest BCUT2D eigenvalue weighted by molar-refractivity contribution is 9.10. The third kappa shape index (κ3) is 9.62. The van der Waals surface area contributed by atoms with Crippen molar-refractivity contribution in [2.45, 2.75) is 32.0 Å². The Bertz CT molecular complexity index is 640. The number of aromatic nitrogens is 1. The Morgan fingerprint density at radius 3 is 2.24 bits per heavy atom. The molecule has 1 heterocycles. The van der Waals surface area contributed by atoms with E-state index >= 15 is 0 Å². The molecule has 0 unspecified atom stereocenters. The quantitative estimate of drug-likeness (QED) is 0.559. The molecule has 0 fully saturated rings. The molecule has 1 atom stereocenters. The van der Waals surface area contributed by atoms with Gasteiger partial charge in [0.15, 0.2) is 0 Å². The molecule has 1 aromatic heterocycles. The topological polar surface area (TPSA) is 143 Å². The van der Waals surface area contributed by atoms with Gasteiger partial charge in [-0.3, -0.25) is 9.59 Å². The van der Waals surface area contributed by atoms with E-state index in [0.717, 1.165) is 10.2 Å². The molecule has 0 radical (unpaired) electrons. The van der Waals surface area contributed by atoms with E-state index < -0.39 is 24.2 Å². The zero-order chi connectivity index (χ0) is 19.8. The number of carboxylic acid groups (broad SMARTS) is 2. The minimum Gasteiger partial charge on any atom is -0.480 e. The molecule has 8 nitrogen and oxygen atoms in total. The maximum atomic E-state index is 11.5. The first-order chi connectivity index (χ1) is 11.3. The van der Waals surface area contributed by atoms with E-state index in [2.05, 4.69) is 26.2 Å². The normalized spacial score (nSPS) is 11.8. The van der Waals surface area contributed by atoms with Crippen LogP contribution in [0.1, 0.15) is 18.5 Å². The fourth-order valence-corrected chi connectivity index (χ4v) is 1.45. The Balaban J connectivity index is 0.000000697. The van der Waals surface area contributed by atoms with Gasteiger partial charge in [0.05, 0.1) is 5.69 Å². The largest absolute Gasteiger partial charge is 0.490 e. The predicted molar refractivity (Wildman–Crippen MR) is 83.8 cm³/mol. The van der Waals surface area contributed by atoms with Crippen molar-refractivity contribution < 1.29 is 37.8 Å². The minimum atomic E-state index is -5.08. The monoisotopic (exact) mass is 429 g/mol. The maximum absolute atomic E-state index is 11.5. The van der Waals surface area contributed by atoms with Crippen LogP contribution in [-0.4, -0.2) is 45.3 Å². The maximum Gasteiger partial charge on any atom is 0.490 e. The van der Waals surface area contributed by atoms with E-state index in [1.54, 1.807) is 19.1 Å². The number of nitrogens with two attached hydrogens (primary N) is 1. The van der Waals surface area contributed by atoms with Crippen molar-refractivity contribution in [1.29, 1.82) is 0 Å². The van der Waals surface area contributed by atoms with Crippen LogP contribution in [0.25, 0.3) is 0 Å². The van der Waals surface area contributed by atoms with Crippen molar-refractivity contribution in [2.24, 2.45) is 5.73 Å². The number of carbonyl (C=O) groups is 3. The Kier molecular flexibility index (Phi) is 9.06. The van der Waals surface area contributed by atoms with Crippen LogP contribution in [0.3, 0.4) is 0 Å². The van der Waals surface area contributed by atoms with Gasteiger partial charge < -0.3 is 21.3 Å². The summed E-state index contributed by atoms with van der Waals surface area (Å²) < 4.78 is 32.6. The number of alkyl halides is 3. The van der Waals surface area contributed by atoms with E-state index in [1.807, 2.05) is 0 Å². The molecule has 140 valence electrons. The zero-order valence-corrected chi connectivity index (χ0v) is 14.4. The average molecular weight is 430 g/mol. The summed E-state index contributed by atoms with van der Waals surface area (Å²) in [5.74, 6) is -3.74. The number of hydrogen-bond donors (Lipinski definition) is 4. The molecule has 0 aromatic carbocycles. The fourth-order valence-electron chi connectivity index (χ4n) is 1.23. The lowest BCUT2D eigenvalue weighted by molar-refractivity contribution is -0.192. The van der Waals surface area contributed by atoms with Crippen LogP contribution >= 0.6 is 15.9 Å². The Hall–Kier alpha value is -2.21. The number of anilines is 1. The second-order valence-corrected chi connectivity index (χ2v) is 5.45. The van der Waals surface area contributed by atoms with Crippen molar-refractivity contribution in [3.8, 4) is 0 Å². The Morgan fingerprint density at radius 2 is 1.84 bits per heavy atom. The van der Waals surface area contributed by atoms with Gasteiger partial charge in [0, 0.05) is 10.9 Å². The summed E-state index contributed by atoms with van der Waals surface area (Å²) in [7, 11) is 0. The van der Waals surface area contributed by atoms with Crippen molar-refractivity contribution in [2.75, 3.05) is 5.32 Å². The summed E-state index contributed by atoms with van der Waals surface area (Å²) >= 11 is 3.30. The molecular formula is C13H15BrF3N3O5. The van der Waals surface area contributed by atoms with E-state index in [4.69, 9.17) is 20.7 Å². The van der Waals surface area contributed by atoms with E-state index in [9.17, 15) is 22.8 Å². The molecule has 0 aliphatic rings. The summed E-state index contributed by atoms with van der Waals surface area (Å²) in [5.41, 5.74) is 6.06. The highest BCUT2D eigenvalue weighted by atomic mass is 79.9. The molecule has 0 bridgehead atoms. The molecule has 0 aliphatic carbocycles. The van der Waals surface area contributed by atoms with Crippen LogP contribution in [0.5, 0.6) is 0 Å². The summed E-state index contributed by atoms with van der Waals surface area (Å²) in [6.45, 7) is 1.81. The number of amides is 1. The smallest absolute Gasteiger partial charge is 0.480 e. The van der Waals surface area contributed by atoms with Gasteiger partial charge in [0.25, 0.3) is 0 Å². The number of carbonyl (C=O) groups excluding carboxylic acids is 1. The first-order valence-electron chi connectivity index (χ1n) is 6.56. The van der Waals surface area contributed by atoms with E-state index in [-0.39, 0.29) is 18.7 Å². The highest BCUT2D eigenvalue weighted by Crippen LogP contribution is 2.16. The van der Waals surface area contributed by atoms with Gasteiger partial charge >= 0.3 is 18.1 Å². The van der Waals surface area contributed by atoms with Crippen molar-refractivity contribution in [3.63, 3.8) is 0 Å². The minimum absolute atomic E-state index is 0.0459. The average Bonchev–Trinajstić information content (AvgIpc) is 2.48. The molecule has 0 aliphatic heterocycles. The molecule has 0 saturated heterocycles. The summed E-state index contributed by atoms with van der Waals surface area (Å²) in [5, 5.41) is 18.3. The van der Waals surface area contributed by atoms with Crippen LogP contribution in [0.4, 0.5) is 19.0 Å². The second kappa shape index (κ2) is 9.93. The number of nitrogens with zero attached hydrogens (tertiary/aromatic N) is 1. The Labute approximate surface area is 148 Å². The zero-order valence-electron chi connectivity index (χ0n) is 12.8. The Morgan fingerprint density at radius 1 is 1.32 bits per heavy atom. The SMILES string of the molecule is Cc1nc(NC(=O)CC[C@H](N)C(=O)O)ccc1Br.O=C(O)C(F)(F)F. The number of hydrogen-bond acceptors (Lipinski definition) is 5. The van der Waals surface area contributed by atoms with Crippen LogP contribution in [-0.2, 0) is 14.4 Å². The van der Waals surface area contributed by atoms with Crippen LogP contribution < -0.4 is 11.1 Å². The molecule has 0 saturated carbocycles. The van der Waals surface area contributed by atoms with E-state index in [0.29, 0.717) is 5.82 Å². The summed E-state index contributed by atoms with van der Waals surface area (Å²) in [4.78, 5) is 35.0. The molecule has 12 heteroatoms. The number of halogens is 4. The molecular weight excluding hydrogens is 415 g/mol. The van der Waals surface area contributed by atoms with Gasteiger partial charge in [-0.25, -0.2) is 9.78 Å². The van der Waals surface area contributed by atoms with Crippen LogP contribution in [0.2, 0.25) is 0 Å². The number of carboxylic acids is 2. The van der Waals surface area contributed by atoms with Crippen molar-refractivity contribution >= 4 is 39.6 Å². The van der Waals surface area contributed by atoms with Crippen LogP contribution in [0.15, 0.2) is 16.6 Å². The molecule has 1 aromatic rings. The number of pyridine rings is 1. The summed E-state index contributed by atoms with van der Waals surface area (Å²) in [6.07, 6.45) is -4.94. The van der Waals surface area contributed by atoms with Gasteiger partial charge in [-0.15, -0.1) is 0 Å².